The van der Waals surface area contributed by atoms with Gasteiger partial charge in [0.25, 0.3) is 0 Å². The number of carboxylic acids is 1. The second kappa shape index (κ2) is 7.42. The van der Waals surface area contributed by atoms with Crippen molar-refractivity contribution < 1.29 is 27.8 Å². The van der Waals surface area contributed by atoms with Crippen LogP contribution >= 0.6 is 0 Å². The Bertz CT molecular complexity index is 589. The van der Waals surface area contributed by atoms with Crippen LogP contribution in [-0.2, 0) is 4.79 Å². The summed E-state index contributed by atoms with van der Waals surface area (Å²) in [7, 11) is 0. The summed E-state index contributed by atoms with van der Waals surface area (Å²) in [6.07, 6.45) is -3.93. The Morgan fingerprint density at radius 1 is 1.29 bits per heavy atom. The third-order valence-corrected chi connectivity index (χ3v) is 4.50. The van der Waals surface area contributed by atoms with Crippen molar-refractivity contribution in [3.63, 3.8) is 0 Å². The lowest BCUT2D eigenvalue weighted by atomic mass is 9.96. The molecule has 1 aromatic carbocycles. The molecule has 2 rings (SSSR count). The average molecular weight is 345 g/mol. The number of nitrogens with zero attached hydrogens (tertiary/aromatic N) is 1. The van der Waals surface area contributed by atoms with Gasteiger partial charge in [-0.25, -0.2) is 0 Å². The summed E-state index contributed by atoms with van der Waals surface area (Å²) in [5.74, 6) is -3.83. The molecule has 1 saturated heterocycles. The Labute approximate surface area is 139 Å². The lowest BCUT2D eigenvalue weighted by Gasteiger charge is -2.18. The lowest BCUT2D eigenvalue weighted by Crippen LogP contribution is -2.33. The summed E-state index contributed by atoms with van der Waals surface area (Å²) in [6.45, 7) is 4.43. The largest absolute Gasteiger partial charge is 0.494 e. The van der Waals surface area contributed by atoms with Crippen LogP contribution in [-0.4, -0.2) is 48.4 Å². The minimum atomic E-state index is -4.48. The summed E-state index contributed by atoms with van der Waals surface area (Å²) >= 11 is 0. The van der Waals surface area contributed by atoms with Crippen LogP contribution in [0, 0.1) is 25.7 Å². The molecule has 134 valence electrons. The Balaban J connectivity index is 1.80. The number of hydrogen-bond donors (Lipinski definition) is 1. The van der Waals surface area contributed by atoms with Gasteiger partial charge >= 0.3 is 12.1 Å². The number of aryl methyl sites for hydroxylation is 2. The second-order valence-corrected chi connectivity index (χ2v) is 6.30. The molecule has 0 unspecified atom stereocenters. The zero-order chi connectivity index (χ0) is 17.9. The molecular formula is C17H22F3NO3. The van der Waals surface area contributed by atoms with Gasteiger partial charge in [-0.15, -0.1) is 0 Å². The Kier molecular flexibility index (Phi) is 5.74. The highest BCUT2D eigenvalue weighted by Gasteiger charge is 2.52. The molecule has 0 aliphatic carbocycles. The van der Waals surface area contributed by atoms with Crippen molar-refractivity contribution in [2.24, 2.45) is 11.8 Å². The van der Waals surface area contributed by atoms with Crippen LogP contribution in [0.4, 0.5) is 13.2 Å². The fraction of sp³-hybridized carbons (Fsp3) is 0.588. The number of benzene rings is 1. The van der Waals surface area contributed by atoms with Gasteiger partial charge in [0.1, 0.15) is 5.75 Å². The number of ether oxygens (including phenoxy) is 1. The Morgan fingerprint density at radius 3 is 2.54 bits per heavy atom. The van der Waals surface area contributed by atoms with Crippen LogP contribution in [0.2, 0.25) is 0 Å². The zero-order valence-corrected chi connectivity index (χ0v) is 13.8. The predicted molar refractivity (Wildman–Crippen MR) is 83.1 cm³/mol. The number of alkyl halides is 3. The van der Waals surface area contributed by atoms with Gasteiger partial charge in [0.05, 0.1) is 18.4 Å². The van der Waals surface area contributed by atoms with Crippen LogP contribution in [0.3, 0.4) is 0 Å². The van der Waals surface area contributed by atoms with Crippen LogP contribution in [0.15, 0.2) is 18.2 Å². The Morgan fingerprint density at radius 2 is 2.00 bits per heavy atom. The number of carboxylic acid groups (broad SMARTS) is 1. The van der Waals surface area contributed by atoms with E-state index in [1.807, 2.05) is 32.0 Å². The van der Waals surface area contributed by atoms with Gasteiger partial charge in [0.15, 0.2) is 0 Å². The molecule has 0 saturated carbocycles. The van der Waals surface area contributed by atoms with Crippen molar-refractivity contribution in [1.29, 1.82) is 0 Å². The highest BCUT2D eigenvalue weighted by molar-refractivity contribution is 5.71. The van der Waals surface area contributed by atoms with E-state index in [1.165, 1.54) is 0 Å². The van der Waals surface area contributed by atoms with E-state index in [9.17, 15) is 18.0 Å². The quantitative estimate of drug-likeness (QED) is 0.804. The van der Waals surface area contributed by atoms with E-state index in [2.05, 4.69) is 0 Å². The maximum Gasteiger partial charge on any atom is 0.393 e. The monoisotopic (exact) mass is 345 g/mol. The molecule has 24 heavy (non-hydrogen) atoms. The molecular weight excluding hydrogens is 323 g/mol. The van der Waals surface area contributed by atoms with Crippen molar-refractivity contribution in [3.05, 3.63) is 29.3 Å². The number of rotatable bonds is 6. The SMILES string of the molecule is Cc1ccc(OCCCN2C[C@@H](C(F)(F)F)[C@H](C(=O)O)C2)cc1C. The first-order chi connectivity index (χ1) is 11.2. The van der Waals surface area contributed by atoms with Crippen molar-refractivity contribution in [1.82, 2.24) is 4.90 Å². The van der Waals surface area contributed by atoms with Gasteiger partial charge in [-0.05, 0) is 43.5 Å². The maximum absolute atomic E-state index is 12.9. The fourth-order valence-corrected chi connectivity index (χ4v) is 2.93. The van der Waals surface area contributed by atoms with Crippen LogP contribution in [0.5, 0.6) is 5.75 Å². The highest BCUT2D eigenvalue weighted by atomic mass is 19.4. The standard InChI is InChI=1S/C17H22F3NO3/c1-11-4-5-13(8-12(11)2)24-7-3-6-21-9-14(16(22)23)15(10-21)17(18,19)20/h4-5,8,14-15H,3,6-7,9-10H2,1-2H3,(H,22,23)/t14-,15-/m1/s1. The van der Waals surface area contributed by atoms with E-state index >= 15 is 0 Å². The van der Waals surface area contributed by atoms with Gasteiger partial charge in [0.2, 0.25) is 0 Å². The van der Waals surface area contributed by atoms with Gasteiger partial charge in [-0.2, -0.15) is 13.2 Å². The number of likely N-dealkylation sites (tertiary alicyclic amines) is 1. The Hall–Kier alpha value is -1.76. The molecule has 4 nitrogen and oxygen atoms in total. The lowest BCUT2D eigenvalue weighted by molar-refractivity contribution is -0.188. The van der Waals surface area contributed by atoms with Crippen molar-refractivity contribution in [2.45, 2.75) is 26.4 Å². The summed E-state index contributed by atoms with van der Waals surface area (Å²) in [4.78, 5) is 12.6. The topological polar surface area (TPSA) is 49.8 Å². The molecule has 0 aromatic heterocycles. The fourth-order valence-electron chi connectivity index (χ4n) is 2.93. The molecule has 0 bridgehead atoms. The van der Waals surface area contributed by atoms with E-state index in [4.69, 9.17) is 9.84 Å². The summed E-state index contributed by atoms with van der Waals surface area (Å²) < 4.78 is 44.3. The van der Waals surface area contributed by atoms with Gasteiger partial charge in [-0.1, -0.05) is 6.07 Å². The normalized spacial score (nSPS) is 21.9. The molecule has 1 N–H and O–H groups in total. The smallest absolute Gasteiger partial charge is 0.393 e. The third-order valence-electron chi connectivity index (χ3n) is 4.50. The first-order valence-corrected chi connectivity index (χ1v) is 7.90. The van der Waals surface area contributed by atoms with Crippen molar-refractivity contribution in [2.75, 3.05) is 26.2 Å². The van der Waals surface area contributed by atoms with E-state index in [0.29, 0.717) is 19.6 Å². The first-order valence-electron chi connectivity index (χ1n) is 7.90. The van der Waals surface area contributed by atoms with Crippen LogP contribution < -0.4 is 4.74 Å². The summed E-state index contributed by atoms with van der Waals surface area (Å²) in [5, 5.41) is 8.98. The molecule has 1 aliphatic rings. The molecule has 1 aromatic rings. The minimum absolute atomic E-state index is 0.0663. The van der Waals surface area contributed by atoms with Crippen LogP contribution in [0.1, 0.15) is 17.5 Å². The molecule has 0 amide bonds. The maximum atomic E-state index is 12.9. The van der Waals surface area contributed by atoms with Crippen molar-refractivity contribution >= 4 is 5.97 Å². The van der Waals surface area contributed by atoms with E-state index in [1.54, 1.807) is 4.90 Å². The molecule has 7 heteroatoms. The molecule has 1 aliphatic heterocycles. The van der Waals surface area contributed by atoms with Gasteiger partial charge in [0, 0.05) is 19.6 Å². The molecule has 1 fully saturated rings. The number of aliphatic carboxylic acids is 1. The van der Waals surface area contributed by atoms with Gasteiger partial charge < -0.3 is 14.7 Å². The number of halogens is 3. The summed E-state index contributed by atoms with van der Waals surface area (Å²) in [6, 6.07) is 5.74. The molecule has 2 atom stereocenters. The summed E-state index contributed by atoms with van der Waals surface area (Å²) in [5.41, 5.74) is 2.28. The average Bonchev–Trinajstić information content (AvgIpc) is 2.92. The van der Waals surface area contributed by atoms with E-state index in [0.717, 1.165) is 16.9 Å². The van der Waals surface area contributed by atoms with E-state index < -0.39 is 24.0 Å². The van der Waals surface area contributed by atoms with Crippen molar-refractivity contribution in [3.8, 4) is 5.75 Å². The number of carbonyl (C=O) groups is 1. The molecule has 0 spiro atoms. The molecule has 1 heterocycles. The van der Waals surface area contributed by atoms with Gasteiger partial charge in [-0.3, -0.25) is 4.79 Å². The van der Waals surface area contributed by atoms with E-state index in [-0.39, 0.29) is 13.1 Å². The predicted octanol–water partition coefficient (Wildman–Crippen LogP) is 3.27. The second-order valence-electron chi connectivity index (χ2n) is 6.30. The first kappa shape index (κ1) is 18.6. The number of hydrogen-bond acceptors (Lipinski definition) is 3. The highest BCUT2D eigenvalue weighted by Crippen LogP contribution is 2.37. The minimum Gasteiger partial charge on any atom is -0.494 e. The third kappa shape index (κ3) is 4.63. The zero-order valence-electron chi connectivity index (χ0n) is 13.8. The van der Waals surface area contributed by atoms with Crippen LogP contribution in [0.25, 0.3) is 0 Å². The molecule has 0 radical (unpaired) electrons.